The van der Waals surface area contributed by atoms with Gasteiger partial charge in [-0.25, -0.2) is 9.97 Å². The lowest BCUT2D eigenvalue weighted by Crippen LogP contribution is -2.30. The van der Waals surface area contributed by atoms with Crippen LogP contribution in [0.25, 0.3) is 0 Å². The Balaban J connectivity index is 1.83. The Labute approximate surface area is 176 Å². The van der Waals surface area contributed by atoms with Gasteiger partial charge in [0.05, 0.1) is 9.85 Å². The van der Waals surface area contributed by atoms with Gasteiger partial charge in [-0.05, 0) is 30.3 Å². The van der Waals surface area contributed by atoms with Crippen LogP contribution in [0.4, 0.5) is 28.7 Å². The third-order valence-electron chi connectivity index (χ3n) is 3.73. The van der Waals surface area contributed by atoms with E-state index in [0.29, 0.717) is 5.56 Å². The van der Waals surface area contributed by atoms with Crippen molar-refractivity contribution in [3.63, 3.8) is 0 Å². The number of benzene rings is 2. The molecule has 1 heterocycles. The minimum Gasteiger partial charge on any atom is -0.334 e. The Morgan fingerprint density at radius 3 is 2.33 bits per heavy atom. The highest BCUT2D eigenvalue weighted by molar-refractivity contribution is 9.10. The van der Waals surface area contributed by atoms with Crippen molar-refractivity contribution in [3.05, 3.63) is 85.1 Å². The number of hydrazine groups is 1. The third-order valence-corrected chi connectivity index (χ3v) is 4.25. The van der Waals surface area contributed by atoms with Crippen molar-refractivity contribution in [1.29, 1.82) is 0 Å². The molecule has 3 N–H and O–H groups in total. The van der Waals surface area contributed by atoms with Crippen molar-refractivity contribution in [2.75, 3.05) is 10.7 Å². The number of carbonyl (C=O) groups excluding carboxylic acids is 1. The van der Waals surface area contributed by atoms with E-state index >= 15 is 0 Å². The fourth-order valence-corrected chi connectivity index (χ4v) is 2.62. The van der Waals surface area contributed by atoms with Crippen LogP contribution in [0.3, 0.4) is 0 Å². The number of nitro groups is 2. The first-order chi connectivity index (χ1) is 14.3. The standard InChI is InChI=1S/C17H12BrN7O5/c18-11-6-4-10(5-7-11)17(26)23-22-16-14(25(29)30)15(19-9-20-16)21-12-2-1-3-13(8-12)24(27)28/h1-9H,(H,23,26)(H2,19,20,21,22). The molecule has 0 atom stereocenters. The molecule has 30 heavy (non-hydrogen) atoms. The lowest BCUT2D eigenvalue weighted by Gasteiger charge is -2.11. The summed E-state index contributed by atoms with van der Waals surface area (Å²) in [5, 5.41) is 25.2. The molecule has 13 heteroatoms. The fraction of sp³-hybridized carbons (Fsp3) is 0. The summed E-state index contributed by atoms with van der Waals surface area (Å²) in [5.41, 5.74) is 4.52. The van der Waals surface area contributed by atoms with Crippen LogP contribution in [-0.4, -0.2) is 25.7 Å². The van der Waals surface area contributed by atoms with E-state index in [4.69, 9.17) is 0 Å². The summed E-state index contributed by atoms with van der Waals surface area (Å²) < 4.78 is 0.787. The molecule has 0 aliphatic rings. The number of non-ortho nitro benzene ring substituents is 1. The molecule has 0 spiro atoms. The molecule has 0 saturated heterocycles. The molecule has 0 unspecified atom stereocenters. The lowest BCUT2D eigenvalue weighted by molar-refractivity contribution is -0.384. The van der Waals surface area contributed by atoms with E-state index in [0.717, 1.165) is 10.8 Å². The van der Waals surface area contributed by atoms with Gasteiger partial charge in [0.25, 0.3) is 11.6 Å². The number of hydrogen-bond acceptors (Lipinski definition) is 9. The number of nitro benzene ring substituents is 1. The molecule has 152 valence electrons. The Kier molecular flexibility index (Phi) is 6.12. The first kappa shape index (κ1) is 20.6. The first-order valence-corrected chi connectivity index (χ1v) is 8.97. The SMILES string of the molecule is O=C(NNc1ncnc(Nc2cccc([N+](=O)[O-])c2)c1[N+](=O)[O-])c1ccc(Br)cc1. The monoisotopic (exact) mass is 473 g/mol. The molecule has 0 fully saturated rings. The highest BCUT2D eigenvalue weighted by Gasteiger charge is 2.24. The maximum Gasteiger partial charge on any atom is 0.355 e. The largest absolute Gasteiger partial charge is 0.355 e. The minimum absolute atomic E-state index is 0.197. The fourth-order valence-electron chi connectivity index (χ4n) is 2.36. The number of carbonyl (C=O) groups is 1. The molecule has 0 saturated carbocycles. The van der Waals surface area contributed by atoms with E-state index in [1.807, 2.05) is 0 Å². The van der Waals surface area contributed by atoms with Gasteiger partial charge >= 0.3 is 5.69 Å². The smallest absolute Gasteiger partial charge is 0.334 e. The van der Waals surface area contributed by atoms with Crippen LogP contribution in [-0.2, 0) is 0 Å². The predicted molar refractivity (Wildman–Crippen MR) is 110 cm³/mol. The van der Waals surface area contributed by atoms with Gasteiger partial charge in [0.1, 0.15) is 6.33 Å². The molecule has 0 radical (unpaired) electrons. The number of aromatic nitrogens is 2. The van der Waals surface area contributed by atoms with Crippen molar-refractivity contribution in [3.8, 4) is 0 Å². The number of nitrogens with zero attached hydrogens (tertiary/aromatic N) is 4. The van der Waals surface area contributed by atoms with Gasteiger partial charge in [0, 0.05) is 27.9 Å². The summed E-state index contributed by atoms with van der Waals surface area (Å²) in [6.07, 6.45) is 1.04. The molecule has 0 aliphatic heterocycles. The zero-order chi connectivity index (χ0) is 21.7. The average Bonchev–Trinajstić information content (AvgIpc) is 2.72. The molecule has 1 amide bonds. The summed E-state index contributed by atoms with van der Waals surface area (Å²) in [7, 11) is 0. The van der Waals surface area contributed by atoms with Gasteiger partial charge < -0.3 is 5.32 Å². The van der Waals surface area contributed by atoms with Crippen LogP contribution in [0.15, 0.2) is 59.3 Å². The Hall–Kier alpha value is -4.13. The van der Waals surface area contributed by atoms with Crippen molar-refractivity contribution in [2.24, 2.45) is 0 Å². The molecule has 3 aromatic rings. The summed E-state index contributed by atoms with van der Waals surface area (Å²) >= 11 is 3.26. The molecule has 0 bridgehead atoms. The Bertz CT molecular complexity index is 1120. The molecule has 2 aromatic carbocycles. The molecule has 1 aromatic heterocycles. The second-order valence-electron chi connectivity index (χ2n) is 5.70. The number of halogens is 1. The van der Waals surface area contributed by atoms with Crippen molar-refractivity contribution in [1.82, 2.24) is 15.4 Å². The van der Waals surface area contributed by atoms with Crippen LogP contribution in [0, 0.1) is 20.2 Å². The molecule has 0 aliphatic carbocycles. The van der Waals surface area contributed by atoms with Crippen LogP contribution in [0.2, 0.25) is 0 Å². The van der Waals surface area contributed by atoms with E-state index in [1.54, 1.807) is 24.3 Å². The number of hydrogen-bond donors (Lipinski definition) is 3. The quantitative estimate of drug-likeness (QED) is 0.343. The highest BCUT2D eigenvalue weighted by Crippen LogP contribution is 2.31. The van der Waals surface area contributed by atoms with E-state index in [9.17, 15) is 25.0 Å². The van der Waals surface area contributed by atoms with Gasteiger partial charge in [-0.2, -0.15) is 0 Å². The van der Waals surface area contributed by atoms with E-state index in [2.05, 4.69) is 42.1 Å². The maximum absolute atomic E-state index is 12.2. The highest BCUT2D eigenvalue weighted by atomic mass is 79.9. The van der Waals surface area contributed by atoms with Crippen molar-refractivity contribution >= 4 is 50.5 Å². The number of amides is 1. The van der Waals surface area contributed by atoms with E-state index in [1.165, 1.54) is 24.3 Å². The Morgan fingerprint density at radius 2 is 1.67 bits per heavy atom. The lowest BCUT2D eigenvalue weighted by atomic mass is 10.2. The zero-order valence-electron chi connectivity index (χ0n) is 14.9. The summed E-state index contributed by atoms with van der Waals surface area (Å²) in [6, 6.07) is 11.9. The van der Waals surface area contributed by atoms with E-state index < -0.39 is 21.4 Å². The van der Waals surface area contributed by atoms with Gasteiger partial charge in [-0.15, -0.1) is 0 Å². The third kappa shape index (κ3) is 4.82. The van der Waals surface area contributed by atoms with Gasteiger partial charge in [0.2, 0.25) is 11.6 Å². The van der Waals surface area contributed by atoms with Crippen LogP contribution in [0.1, 0.15) is 10.4 Å². The summed E-state index contributed by atoms with van der Waals surface area (Å²) in [6.45, 7) is 0. The maximum atomic E-state index is 12.2. The van der Waals surface area contributed by atoms with Gasteiger partial charge in [0.15, 0.2) is 0 Å². The number of nitrogens with one attached hydrogen (secondary N) is 3. The first-order valence-electron chi connectivity index (χ1n) is 8.18. The zero-order valence-corrected chi connectivity index (χ0v) is 16.5. The van der Waals surface area contributed by atoms with Gasteiger partial charge in [-0.3, -0.25) is 35.9 Å². The van der Waals surface area contributed by atoms with E-state index in [-0.39, 0.29) is 23.0 Å². The van der Waals surface area contributed by atoms with Crippen molar-refractivity contribution in [2.45, 2.75) is 0 Å². The minimum atomic E-state index is -0.742. The van der Waals surface area contributed by atoms with Crippen LogP contribution >= 0.6 is 15.9 Å². The summed E-state index contributed by atoms with van der Waals surface area (Å²) in [4.78, 5) is 41.0. The second-order valence-corrected chi connectivity index (χ2v) is 6.61. The summed E-state index contributed by atoms with van der Waals surface area (Å²) in [5.74, 6) is -1.02. The number of rotatable bonds is 7. The normalized spacial score (nSPS) is 10.2. The van der Waals surface area contributed by atoms with Gasteiger partial charge in [-0.1, -0.05) is 22.0 Å². The average molecular weight is 474 g/mol. The molecule has 3 rings (SSSR count). The number of anilines is 3. The molecule has 12 nitrogen and oxygen atoms in total. The predicted octanol–water partition coefficient (Wildman–Crippen LogP) is 3.56. The topological polar surface area (TPSA) is 165 Å². The second kappa shape index (κ2) is 8.91. The van der Waals surface area contributed by atoms with Crippen LogP contribution < -0.4 is 16.2 Å². The molecular weight excluding hydrogens is 462 g/mol. The van der Waals surface area contributed by atoms with Crippen molar-refractivity contribution < 1.29 is 14.6 Å². The Morgan fingerprint density at radius 1 is 0.967 bits per heavy atom. The van der Waals surface area contributed by atoms with Crippen LogP contribution in [0.5, 0.6) is 0 Å². The molecular formula is C17H12BrN7O5.